The van der Waals surface area contributed by atoms with E-state index in [1.54, 1.807) is 0 Å². The van der Waals surface area contributed by atoms with Crippen LogP contribution in [0.15, 0.2) is 4.42 Å². The fraction of sp³-hybridized carbons (Fsp3) is 0.500. The molecule has 0 atom stereocenters. The van der Waals surface area contributed by atoms with Gasteiger partial charge in [0.05, 0.1) is 6.54 Å². The number of fused-ring (bicyclic) bond motifs is 3. The maximum Gasteiger partial charge on any atom is 0.130 e. The molecule has 0 fully saturated rings. The minimum absolute atomic E-state index is 0.976. The lowest BCUT2D eigenvalue weighted by Crippen LogP contribution is -2.30. The minimum atomic E-state index is 0.976. The van der Waals surface area contributed by atoms with E-state index in [2.05, 4.69) is 24.1 Å². The Morgan fingerprint density at radius 2 is 2.14 bits per heavy atom. The Balaban J connectivity index is 2.23. The van der Waals surface area contributed by atoms with Gasteiger partial charge in [0.2, 0.25) is 0 Å². The summed E-state index contributed by atoms with van der Waals surface area (Å²) in [6, 6.07) is 0. The first-order valence-corrected chi connectivity index (χ1v) is 5.34. The molecule has 0 N–H and O–H groups in total. The Labute approximate surface area is 83.5 Å². The molecule has 1 aliphatic carbocycles. The lowest BCUT2D eigenvalue weighted by Gasteiger charge is -2.20. The van der Waals surface area contributed by atoms with Crippen LogP contribution in [0.5, 0.6) is 0 Å². The van der Waals surface area contributed by atoms with Gasteiger partial charge in [0.1, 0.15) is 11.2 Å². The molecule has 2 heteroatoms. The summed E-state index contributed by atoms with van der Waals surface area (Å²) in [5, 5.41) is 1.39. The van der Waals surface area contributed by atoms with Gasteiger partial charge in [0, 0.05) is 17.3 Å². The topological polar surface area (TPSA) is 16.4 Å². The molecule has 14 heavy (non-hydrogen) atoms. The van der Waals surface area contributed by atoms with Gasteiger partial charge in [-0.15, -0.1) is 0 Å². The molecule has 1 aromatic heterocycles. The Hall–Kier alpha value is -1.02. The molecule has 2 heterocycles. The SMILES string of the molecule is CN1CCc2c(oc3c2=CCCC=3)C1. The first-order valence-electron chi connectivity index (χ1n) is 5.34. The highest BCUT2D eigenvalue weighted by Gasteiger charge is 2.19. The van der Waals surface area contributed by atoms with Crippen LogP contribution >= 0.6 is 0 Å². The number of rotatable bonds is 0. The molecule has 0 amide bonds. The van der Waals surface area contributed by atoms with Crippen molar-refractivity contribution < 1.29 is 4.42 Å². The third kappa shape index (κ3) is 1.14. The normalized spacial score (nSPS) is 20.6. The number of furan rings is 1. The van der Waals surface area contributed by atoms with Crippen LogP contribution in [0.1, 0.15) is 24.2 Å². The second kappa shape index (κ2) is 2.99. The van der Waals surface area contributed by atoms with Gasteiger partial charge < -0.3 is 4.42 Å². The molecular weight excluding hydrogens is 174 g/mol. The molecule has 0 unspecified atom stereocenters. The molecule has 0 saturated heterocycles. The number of nitrogens with zero attached hydrogens (tertiary/aromatic N) is 1. The van der Waals surface area contributed by atoms with Gasteiger partial charge in [0.25, 0.3) is 0 Å². The van der Waals surface area contributed by atoms with Gasteiger partial charge in [-0.2, -0.15) is 0 Å². The summed E-state index contributed by atoms with van der Waals surface area (Å²) in [5.74, 6) is 1.19. The molecule has 2 nitrogen and oxygen atoms in total. The fourth-order valence-corrected chi connectivity index (χ4v) is 2.39. The maximum atomic E-state index is 5.87. The number of likely N-dealkylation sites (N-methyl/N-ethyl adjacent to an activating group) is 1. The zero-order valence-corrected chi connectivity index (χ0v) is 8.55. The quantitative estimate of drug-likeness (QED) is 0.595. The van der Waals surface area contributed by atoms with E-state index in [9.17, 15) is 0 Å². The highest BCUT2D eigenvalue weighted by molar-refractivity contribution is 5.40. The van der Waals surface area contributed by atoms with Gasteiger partial charge in [-0.05, 0) is 32.4 Å². The lowest BCUT2D eigenvalue weighted by atomic mass is 10.0. The second-order valence-electron chi connectivity index (χ2n) is 4.26. The van der Waals surface area contributed by atoms with Crippen molar-refractivity contribution in [2.24, 2.45) is 0 Å². The average molecular weight is 189 g/mol. The van der Waals surface area contributed by atoms with Gasteiger partial charge in [-0.3, -0.25) is 4.90 Å². The van der Waals surface area contributed by atoms with Gasteiger partial charge in [0.15, 0.2) is 0 Å². The predicted molar refractivity (Wildman–Crippen MR) is 56.2 cm³/mol. The van der Waals surface area contributed by atoms with Crippen LogP contribution < -0.4 is 10.6 Å². The van der Waals surface area contributed by atoms with Crippen LogP contribution in [-0.4, -0.2) is 18.5 Å². The van der Waals surface area contributed by atoms with Crippen molar-refractivity contribution in [3.05, 3.63) is 22.0 Å². The van der Waals surface area contributed by atoms with Crippen molar-refractivity contribution in [2.45, 2.75) is 25.8 Å². The summed E-state index contributed by atoms with van der Waals surface area (Å²) < 4.78 is 5.87. The summed E-state index contributed by atoms with van der Waals surface area (Å²) in [5.41, 5.74) is 2.59. The Morgan fingerprint density at radius 1 is 1.29 bits per heavy atom. The van der Waals surface area contributed by atoms with Crippen molar-refractivity contribution in [1.29, 1.82) is 0 Å². The van der Waals surface area contributed by atoms with Gasteiger partial charge in [-0.25, -0.2) is 0 Å². The van der Waals surface area contributed by atoms with Crippen molar-refractivity contribution in [3.63, 3.8) is 0 Å². The number of hydrogen-bond donors (Lipinski definition) is 0. The maximum absolute atomic E-state index is 5.87. The van der Waals surface area contributed by atoms with Crippen LogP contribution in [0.4, 0.5) is 0 Å². The van der Waals surface area contributed by atoms with Crippen LogP contribution in [0.3, 0.4) is 0 Å². The molecule has 2 aliphatic rings. The molecule has 0 bridgehead atoms. The highest BCUT2D eigenvalue weighted by Crippen LogP contribution is 2.14. The van der Waals surface area contributed by atoms with E-state index in [0.29, 0.717) is 0 Å². The Bertz CT molecular complexity index is 469. The van der Waals surface area contributed by atoms with Crippen molar-refractivity contribution in [1.82, 2.24) is 4.90 Å². The largest absolute Gasteiger partial charge is 0.460 e. The summed E-state index contributed by atoms with van der Waals surface area (Å²) in [6.45, 7) is 2.14. The van der Waals surface area contributed by atoms with Crippen molar-refractivity contribution >= 4 is 12.2 Å². The molecule has 0 radical (unpaired) electrons. The third-order valence-corrected chi connectivity index (χ3v) is 3.16. The smallest absolute Gasteiger partial charge is 0.130 e. The Morgan fingerprint density at radius 3 is 3.07 bits per heavy atom. The van der Waals surface area contributed by atoms with Crippen LogP contribution in [0, 0.1) is 0 Å². The molecule has 1 aromatic rings. The lowest BCUT2D eigenvalue weighted by molar-refractivity contribution is 0.274. The van der Waals surface area contributed by atoms with Crippen molar-refractivity contribution in [3.8, 4) is 0 Å². The third-order valence-electron chi connectivity index (χ3n) is 3.16. The molecule has 0 spiro atoms. The standard InChI is InChI=1S/C12H15NO/c1-13-7-6-10-9-4-2-3-5-11(9)14-12(10)8-13/h4-5H,2-3,6-8H2,1H3. The summed E-state index contributed by atoms with van der Waals surface area (Å²) in [4.78, 5) is 2.32. The Kier molecular flexibility index (Phi) is 1.77. The van der Waals surface area contributed by atoms with Crippen LogP contribution in [0.2, 0.25) is 0 Å². The monoisotopic (exact) mass is 189 g/mol. The van der Waals surface area contributed by atoms with E-state index in [1.165, 1.54) is 23.0 Å². The van der Waals surface area contributed by atoms with E-state index in [1.807, 2.05) is 0 Å². The highest BCUT2D eigenvalue weighted by atomic mass is 16.3. The zero-order valence-electron chi connectivity index (χ0n) is 8.55. The molecule has 0 aromatic carbocycles. The average Bonchev–Trinajstić information content (AvgIpc) is 2.54. The molecule has 3 rings (SSSR count). The van der Waals surface area contributed by atoms with E-state index in [-0.39, 0.29) is 0 Å². The summed E-state index contributed by atoms with van der Waals surface area (Å²) >= 11 is 0. The van der Waals surface area contributed by atoms with E-state index in [4.69, 9.17) is 4.42 Å². The van der Waals surface area contributed by atoms with Gasteiger partial charge >= 0.3 is 0 Å². The summed E-state index contributed by atoms with van der Waals surface area (Å²) in [7, 11) is 2.15. The van der Waals surface area contributed by atoms with E-state index < -0.39 is 0 Å². The fourth-order valence-electron chi connectivity index (χ4n) is 2.39. The molecule has 0 saturated carbocycles. The minimum Gasteiger partial charge on any atom is -0.460 e. The first kappa shape index (κ1) is 8.30. The van der Waals surface area contributed by atoms with Gasteiger partial charge in [-0.1, -0.05) is 6.08 Å². The van der Waals surface area contributed by atoms with E-state index >= 15 is 0 Å². The number of hydrogen-bond acceptors (Lipinski definition) is 2. The second-order valence-corrected chi connectivity index (χ2v) is 4.26. The van der Waals surface area contributed by atoms with Crippen molar-refractivity contribution in [2.75, 3.05) is 13.6 Å². The molecule has 1 aliphatic heterocycles. The van der Waals surface area contributed by atoms with Crippen LogP contribution in [-0.2, 0) is 13.0 Å². The molecule has 74 valence electrons. The van der Waals surface area contributed by atoms with E-state index in [0.717, 1.165) is 31.3 Å². The first-order chi connectivity index (χ1) is 6.84. The molecular formula is C12H15NO. The van der Waals surface area contributed by atoms with Crippen LogP contribution in [0.25, 0.3) is 12.2 Å². The zero-order chi connectivity index (χ0) is 9.54. The summed E-state index contributed by atoms with van der Waals surface area (Å²) in [6.07, 6.45) is 8.02. The predicted octanol–water partition coefficient (Wildman–Crippen LogP) is 0.622.